The third kappa shape index (κ3) is 4.98. The Kier molecular flexibility index (Phi) is 7.16. The Hall–Kier alpha value is -4.84. The van der Waals surface area contributed by atoms with Crippen molar-refractivity contribution in [1.29, 1.82) is 5.26 Å². The van der Waals surface area contributed by atoms with Gasteiger partial charge in [0.2, 0.25) is 0 Å². The molecule has 0 aliphatic heterocycles. The van der Waals surface area contributed by atoms with Gasteiger partial charge >= 0.3 is 0 Å². The Bertz CT molecular complexity index is 1440. The zero-order valence-electron chi connectivity index (χ0n) is 19.4. The molecule has 0 unspecified atom stereocenters. The molecule has 0 saturated carbocycles. The number of nitriles is 1. The fourth-order valence-electron chi connectivity index (χ4n) is 3.79. The zero-order valence-corrected chi connectivity index (χ0v) is 19.4. The molecule has 1 heterocycles. The molecule has 0 radical (unpaired) electrons. The van der Waals surface area contributed by atoms with Crippen molar-refractivity contribution in [3.63, 3.8) is 0 Å². The summed E-state index contributed by atoms with van der Waals surface area (Å²) in [6, 6.07) is 19.2. The summed E-state index contributed by atoms with van der Waals surface area (Å²) in [5.74, 6) is -1.15. The van der Waals surface area contributed by atoms with Gasteiger partial charge in [-0.1, -0.05) is 30.3 Å². The largest absolute Gasteiger partial charge is 0.507 e. The lowest BCUT2D eigenvalue weighted by molar-refractivity contribution is 0.0781. The van der Waals surface area contributed by atoms with Crippen molar-refractivity contribution in [2.45, 2.75) is 13.0 Å². The van der Waals surface area contributed by atoms with Gasteiger partial charge in [0.1, 0.15) is 35.4 Å². The van der Waals surface area contributed by atoms with Gasteiger partial charge in [-0.3, -0.25) is 4.79 Å². The van der Waals surface area contributed by atoms with Gasteiger partial charge in [-0.25, -0.2) is 9.07 Å². The summed E-state index contributed by atoms with van der Waals surface area (Å²) in [6.07, 6.45) is 1.68. The number of hydrogen-bond acceptors (Lipinski definition) is 6. The first kappa shape index (κ1) is 24.3. The Morgan fingerprint density at radius 2 is 1.86 bits per heavy atom. The second-order valence-electron chi connectivity index (χ2n) is 7.99. The molecule has 0 aliphatic carbocycles. The minimum Gasteiger partial charge on any atom is -0.507 e. The van der Waals surface area contributed by atoms with Crippen LogP contribution < -0.4 is 4.74 Å². The molecule has 0 fully saturated rings. The van der Waals surface area contributed by atoms with Crippen LogP contribution in [0.15, 0.2) is 72.9 Å². The van der Waals surface area contributed by atoms with E-state index in [2.05, 4.69) is 5.10 Å². The summed E-state index contributed by atoms with van der Waals surface area (Å²) in [5.41, 5.74) is 1.39. The van der Waals surface area contributed by atoms with Gasteiger partial charge in [0, 0.05) is 30.8 Å². The summed E-state index contributed by atoms with van der Waals surface area (Å²) in [6.45, 7) is 0.396. The molecule has 0 saturated heterocycles. The third-order valence-electron chi connectivity index (χ3n) is 5.54. The van der Waals surface area contributed by atoms with Crippen LogP contribution in [0.2, 0.25) is 0 Å². The molecule has 0 spiro atoms. The van der Waals surface area contributed by atoms with E-state index in [9.17, 15) is 19.4 Å². The predicted octanol–water partition coefficient (Wildman–Crippen LogP) is 4.65. The van der Waals surface area contributed by atoms with Gasteiger partial charge in [0.05, 0.1) is 29.9 Å². The molecule has 0 bridgehead atoms. The first-order valence-electron chi connectivity index (χ1n) is 11.1. The molecule has 0 aliphatic rings. The maximum Gasteiger partial charge on any atom is 0.257 e. The second-order valence-corrected chi connectivity index (χ2v) is 7.99. The van der Waals surface area contributed by atoms with Crippen LogP contribution in [0.1, 0.15) is 22.3 Å². The number of carbonyl (C=O) groups excluding carboxylic acids is 1. The number of phenolic OH excluding ortho intramolecular Hbond substituents is 2. The second kappa shape index (κ2) is 10.6. The normalized spacial score (nSPS) is 10.6. The summed E-state index contributed by atoms with van der Waals surface area (Å²) >= 11 is 0. The highest BCUT2D eigenvalue weighted by Gasteiger charge is 2.22. The van der Waals surface area contributed by atoms with Gasteiger partial charge in [0.25, 0.3) is 5.91 Å². The highest BCUT2D eigenvalue weighted by Crippen LogP contribution is 2.36. The fourth-order valence-corrected chi connectivity index (χ4v) is 3.79. The van der Waals surface area contributed by atoms with E-state index in [0.717, 1.165) is 11.6 Å². The molecule has 2 N–H and O–H groups in total. The van der Waals surface area contributed by atoms with Crippen LogP contribution in [0, 0.1) is 17.1 Å². The first-order chi connectivity index (χ1) is 17.4. The van der Waals surface area contributed by atoms with E-state index in [4.69, 9.17) is 10.00 Å². The number of carbonyl (C=O) groups is 1. The molecule has 9 heteroatoms. The first-order valence-corrected chi connectivity index (χ1v) is 11.1. The maximum absolute atomic E-state index is 14.4. The van der Waals surface area contributed by atoms with Crippen LogP contribution in [0.3, 0.4) is 0 Å². The van der Waals surface area contributed by atoms with Gasteiger partial charge in [0.15, 0.2) is 0 Å². The van der Waals surface area contributed by atoms with E-state index < -0.39 is 17.5 Å². The molecule has 4 rings (SSSR count). The molecule has 0 atom stereocenters. The van der Waals surface area contributed by atoms with Crippen molar-refractivity contribution in [2.24, 2.45) is 0 Å². The monoisotopic (exact) mass is 486 g/mol. The number of phenols is 2. The van der Waals surface area contributed by atoms with E-state index in [0.29, 0.717) is 11.4 Å². The number of hydrogen-bond donors (Lipinski definition) is 2. The predicted molar refractivity (Wildman–Crippen MR) is 130 cm³/mol. The molecule has 4 aromatic rings. The average molecular weight is 487 g/mol. The van der Waals surface area contributed by atoms with Crippen molar-refractivity contribution in [3.05, 3.63) is 89.9 Å². The summed E-state index contributed by atoms with van der Waals surface area (Å²) in [7, 11) is 1.57. The van der Waals surface area contributed by atoms with E-state index >= 15 is 0 Å². The number of nitrogens with zero attached hydrogens (tertiary/aromatic N) is 4. The Morgan fingerprint density at radius 3 is 2.64 bits per heavy atom. The number of aromatic hydroxyl groups is 2. The van der Waals surface area contributed by atoms with Crippen LogP contribution in [0.5, 0.6) is 17.2 Å². The molecular formula is C27H23FN4O4. The number of amides is 1. The molecule has 36 heavy (non-hydrogen) atoms. The SMILES string of the molecule is CN(Cc1ccccc1OCCC#N)C(=O)c1cc(-c2ccnn2-c2ccccc2F)c(O)cc1O. The van der Waals surface area contributed by atoms with Crippen LogP contribution in [-0.4, -0.2) is 44.5 Å². The quantitative estimate of drug-likeness (QED) is 0.351. The van der Waals surface area contributed by atoms with Crippen molar-refractivity contribution < 1.29 is 24.1 Å². The van der Waals surface area contributed by atoms with Crippen molar-refractivity contribution in [1.82, 2.24) is 14.7 Å². The zero-order chi connectivity index (χ0) is 25.7. The number of para-hydroxylation sites is 2. The van der Waals surface area contributed by atoms with Crippen LogP contribution in [0.25, 0.3) is 16.9 Å². The minimum absolute atomic E-state index is 0.0468. The molecule has 8 nitrogen and oxygen atoms in total. The summed E-state index contributed by atoms with van der Waals surface area (Å²) in [4.78, 5) is 14.7. The number of ether oxygens (including phenoxy) is 1. The molecule has 3 aromatic carbocycles. The third-order valence-corrected chi connectivity index (χ3v) is 5.54. The lowest BCUT2D eigenvalue weighted by Crippen LogP contribution is -2.26. The molecule has 1 aromatic heterocycles. The number of halogens is 1. The van der Waals surface area contributed by atoms with E-state index in [1.165, 1.54) is 27.9 Å². The molecular weight excluding hydrogens is 463 g/mol. The molecule has 182 valence electrons. The highest BCUT2D eigenvalue weighted by atomic mass is 19.1. The number of aromatic nitrogens is 2. The highest BCUT2D eigenvalue weighted by molar-refractivity contribution is 5.98. The van der Waals surface area contributed by atoms with Crippen LogP contribution in [0.4, 0.5) is 4.39 Å². The van der Waals surface area contributed by atoms with Gasteiger partial charge in [-0.05, 0) is 30.3 Å². The topological polar surface area (TPSA) is 112 Å². The summed E-state index contributed by atoms with van der Waals surface area (Å²) < 4.78 is 21.4. The standard InChI is InChI=1S/C27H23FN4O4/c1-31(17-18-7-2-5-10-26(18)36-14-6-12-29)27(35)20-15-19(24(33)16-25(20)34)22-11-13-30-32(22)23-9-4-3-8-21(23)28/h2-5,7-11,13,15-16,33-34H,6,14,17H2,1H3. The van der Waals surface area contributed by atoms with Crippen molar-refractivity contribution in [3.8, 4) is 40.3 Å². The molecule has 1 amide bonds. The summed E-state index contributed by atoms with van der Waals surface area (Å²) in [5, 5.41) is 34.0. The van der Waals surface area contributed by atoms with Gasteiger partial charge in [-0.2, -0.15) is 10.4 Å². The van der Waals surface area contributed by atoms with Crippen LogP contribution in [-0.2, 0) is 6.54 Å². The number of rotatable bonds is 8. The smallest absolute Gasteiger partial charge is 0.257 e. The lowest BCUT2D eigenvalue weighted by Gasteiger charge is -2.20. The Balaban J connectivity index is 1.65. The maximum atomic E-state index is 14.4. The van der Waals surface area contributed by atoms with Crippen LogP contribution >= 0.6 is 0 Å². The lowest BCUT2D eigenvalue weighted by atomic mass is 10.0. The van der Waals surface area contributed by atoms with E-state index in [-0.39, 0.29) is 42.1 Å². The Labute approximate surface area is 207 Å². The van der Waals surface area contributed by atoms with E-state index in [1.54, 1.807) is 49.5 Å². The van der Waals surface area contributed by atoms with Gasteiger partial charge < -0.3 is 19.8 Å². The average Bonchev–Trinajstić information content (AvgIpc) is 3.34. The van der Waals surface area contributed by atoms with Crippen molar-refractivity contribution >= 4 is 5.91 Å². The number of benzene rings is 3. The minimum atomic E-state index is -0.507. The van der Waals surface area contributed by atoms with Gasteiger partial charge in [-0.15, -0.1) is 0 Å². The van der Waals surface area contributed by atoms with Crippen molar-refractivity contribution in [2.75, 3.05) is 13.7 Å². The Morgan fingerprint density at radius 1 is 1.11 bits per heavy atom. The fraction of sp³-hybridized carbons (Fsp3) is 0.148. The van der Waals surface area contributed by atoms with E-state index in [1.807, 2.05) is 12.1 Å².